The van der Waals surface area contributed by atoms with Gasteiger partial charge in [0.1, 0.15) is 11.6 Å². The third kappa shape index (κ3) is 4.32. The summed E-state index contributed by atoms with van der Waals surface area (Å²) < 4.78 is 55.9. The van der Waals surface area contributed by atoms with Crippen molar-refractivity contribution >= 4 is 21.4 Å². The Hall–Kier alpha value is -2.85. The number of pyridine rings is 1. The highest BCUT2D eigenvalue weighted by Crippen LogP contribution is 2.32. The number of amides is 1. The molecule has 2 aromatic heterocycles. The number of carbonyl (C=O) groups excluding carboxylic acids is 1. The molecule has 0 radical (unpaired) electrons. The zero-order valence-corrected chi connectivity index (χ0v) is 19.5. The van der Waals surface area contributed by atoms with E-state index >= 15 is 0 Å². The third-order valence-corrected chi connectivity index (χ3v) is 8.69. The van der Waals surface area contributed by atoms with Gasteiger partial charge in [-0.05, 0) is 67.9 Å². The SMILES string of the molecule is O=C(c1cnn2ccc(C3CCN(S(=O)(=O)c4cc(F)cc(F)c4)CC3)cc12)N1CCCCC1. The highest BCUT2D eigenvalue weighted by atomic mass is 32.2. The molecule has 0 bridgehead atoms. The van der Waals surface area contributed by atoms with E-state index in [-0.39, 0.29) is 29.8 Å². The molecule has 2 aliphatic heterocycles. The fraction of sp³-hybridized carbons (Fsp3) is 0.417. The van der Waals surface area contributed by atoms with Crippen LogP contribution in [0.25, 0.3) is 5.52 Å². The molecule has 5 rings (SSSR count). The molecular formula is C24H26F2N4O3S. The van der Waals surface area contributed by atoms with Gasteiger partial charge in [0.25, 0.3) is 5.91 Å². The van der Waals surface area contributed by atoms with E-state index in [2.05, 4.69) is 5.10 Å². The third-order valence-electron chi connectivity index (χ3n) is 6.82. The van der Waals surface area contributed by atoms with Gasteiger partial charge in [0.2, 0.25) is 10.0 Å². The molecule has 0 unspecified atom stereocenters. The normalized spacial score (nSPS) is 18.5. The fourth-order valence-electron chi connectivity index (χ4n) is 4.94. The predicted molar refractivity (Wildman–Crippen MR) is 122 cm³/mol. The summed E-state index contributed by atoms with van der Waals surface area (Å²) in [6.45, 7) is 2.01. The summed E-state index contributed by atoms with van der Waals surface area (Å²) in [7, 11) is -3.98. The number of nitrogens with zero attached hydrogens (tertiary/aromatic N) is 4. The Morgan fingerprint density at radius 2 is 1.62 bits per heavy atom. The summed E-state index contributed by atoms with van der Waals surface area (Å²) in [6, 6.07) is 6.27. The number of piperidine rings is 2. The average molecular weight is 489 g/mol. The first-order valence-electron chi connectivity index (χ1n) is 11.6. The second kappa shape index (κ2) is 9.07. The summed E-state index contributed by atoms with van der Waals surface area (Å²) in [5.74, 6) is -1.74. The van der Waals surface area contributed by atoms with Crippen LogP contribution in [-0.2, 0) is 10.0 Å². The van der Waals surface area contributed by atoms with Crippen LogP contribution >= 0.6 is 0 Å². The highest BCUT2D eigenvalue weighted by molar-refractivity contribution is 7.89. The molecule has 4 heterocycles. The molecule has 10 heteroatoms. The van der Waals surface area contributed by atoms with Crippen LogP contribution in [-0.4, -0.2) is 59.3 Å². The number of halogens is 2. The molecule has 2 fully saturated rings. The summed E-state index contributed by atoms with van der Waals surface area (Å²) in [5.41, 5.74) is 2.35. The van der Waals surface area contributed by atoms with E-state index in [1.165, 1.54) is 4.31 Å². The van der Waals surface area contributed by atoms with Crippen molar-refractivity contribution in [1.82, 2.24) is 18.8 Å². The van der Waals surface area contributed by atoms with Crippen LogP contribution in [0, 0.1) is 11.6 Å². The number of sulfonamides is 1. The largest absolute Gasteiger partial charge is 0.339 e. The minimum atomic E-state index is -3.98. The summed E-state index contributed by atoms with van der Waals surface area (Å²) in [4.78, 5) is 14.6. The number of aromatic nitrogens is 2. The Kier molecular flexibility index (Phi) is 6.11. The van der Waals surface area contributed by atoms with Gasteiger partial charge in [0.05, 0.1) is 22.2 Å². The molecule has 3 aromatic rings. The van der Waals surface area contributed by atoms with Crippen molar-refractivity contribution in [2.45, 2.75) is 42.9 Å². The molecule has 2 aliphatic rings. The molecule has 0 saturated carbocycles. The minimum absolute atomic E-state index is 0.00455. The van der Waals surface area contributed by atoms with E-state index in [1.54, 1.807) is 10.7 Å². The molecule has 2 saturated heterocycles. The number of fused-ring (bicyclic) bond motifs is 1. The van der Waals surface area contributed by atoms with E-state index in [0.717, 1.165) is 55.6 Å². The van der Waals surface area contributed by atoms with Crippen molar-refractivity contribution in [2.75, 3.05) is 26.2 Å². The zero-order valence-electron chi connectivity index (χ0n) is 18.7. The van der Waals surface area contributed by atoms with E-state index in [0.29, 0.717) is 24.5 Å². The van der Waals surface area contributed by atoms with Gasteiger partial charge in [-0.3, -0.25) is 4.79 Å². The van der Waals surface area contributed by atoms with Crippen molar-refractivity contribution < 1.29 is 22.0 Å². The van der Waals surface area contributed by atoms with E-state index < -0.39 is 21.7 Å². The first-order valence-corrected chi connectivity index (χ1v) is 13.0. The van der Waals surface area contributed by atoms with Crippen molar-refractivity contribution in [1.29, 1.82) is 0 Å². The van der Waals surface area contributed by atoms with Crippen LogP contribution in [0.4, 0.5) is 8.78 Å². The van der Waals surface area contributed by atoms with Crippen LogP contribution in [0.15, 0.2) is 47.6 Å². The Labute approximate surface area is 197 Å². The number of rotatable bonds is 4. The Morgan fingerprint density at radius 3 is 2.29 bits per heavy atom. The molecule has 180 valence electrons. The maximum absolute atomic E-state index is 13.6. The monoisotopic (exact) mass is 488 g/mol. The first-order chi connectivity index (χ1) is 16.3. The first kappa shape index (κ1) is 22.9. The lowest BCUT2D eigenvalue weighted by Crippen LogP contribution is -2.38. The van der Waals surface area contributed by atoms with Crippen molar-refractivity contribution in [3.8, 4) is 0 Å². The van der Waals surface area contributed by atoms with Crippen molar-refractivity contribution in [2.24, 2.45) is 0 Å². The molecule has 7 nitrogen and oxygen atoms in total. The molecule has 1 aromatic carbocycles. The Morgan fingerprint density at radius 1 is 0.941 bits per heavy atom. The maximum Gasteiger partial charge on any atom is 0.257 e. The van der Waals surface area contributed by atoms with Crippen molar-refractivity contribution in [3.05, 3.63) is 65.5 Å². The van der Waals surface area contributed by atoms with Gasteiger partial charge in [0.15, 0.2) is 0 Å². The molecule has 0 N–H and O–H groups in total. The summed E-state index contributed by atoms with van der Waals surface area (Å²) >= 11 is 0. The van der Waals surface area contributed by atoms with Gasteiger partial charge >= 0.3 is 0 Å². The molecule has 0 spiro atoms. The summed E-state index contributed by atoms with van der Waals surface area (Å²) in [6.07, 6.45) is 7.75. The standard InChI is InChI=1S/C24H26F2N4O3S/c25-19-13-20(26)15-21(14-19)34(32,33)29-9-4-17(5-10-29)18-6-11-30-23(12-18)22(16-27-30)24(31)28-7-2-1-3-8-28/h6,11-17H,1-5,7-10H2. The topological polar surface area (TPSA) is 75.0 Å². The van der Waals surface area contributed by atoms with Crippen LogP contribution in [0.2, 0.25) is 0 Å². The number of hydrogen-bond donors (Lipinski definition) is 0. The van der Waals surface area contributed by atoms with Gasteiger partial charge in [0, 0.05) is 38.4 Å². The molecule has 34 heavy (non-hydrogen) atoms. The number of hydrogen-bond acceptors (Lipinski definition) is 4. The second-order valence-electron chi connectivity index (χ2n) is 8.98. The smallest absolute Gasteiger partial charge is 0.257 e. The zero-order chi connectivity index (χ0) is 23.9. The molecule has 0 aliphatic carbocycles. The average Bonchev–Trinajstić information content (AvgIpc) is 3.27. The molecule has 1 amide bonds. The highest BCUT2D eigenvalue weighted by Gasteiger charge is 2.31. The lowest BCUT2D eigenvalue weighted by Gasteiger charge is -2.31. The fourth-order valence-corrected chi connectivity index (χ4v) is 6.45. The van der Waals surface area contributed by atoms with Crippen LogP contribution in [0.1, 0.15) is 53.9 Å². The van der Waals surface area contributed by atoms with Crippen LogP contribution < -0.4 is 0 Å². The lowest BCUT2D eigenvalue weighted by atomic mass is 9.90. The van der Waals surface area contributed by atoms with Gasteiger partial charge in [-0.25, -0.2) is 21.7 Å². The Balaban J connectivity index is 1.33. The number of benzene rings is 1. The predicted octanol–water partition coefficient (Wildman–Crippen LogP) is 3.81. The molecular weight excluding hydrogens is 462 g/mol. The van der Waals surface area contributed by atoms with Gasteiger partial charge in [-0.2, -0.15) is 9.40 Å². The number of carbonyl (C=O) groups is 1. The van der Waals surface area contributed by atoms with Gasteiger partial charge < -0.3 is 4.90 Å². The molecule has 0 atom stereocenters. The van der Waals surface area contributed by atoms with Crippen LogP contribution in [0.3, 0.4) is 0 Å². The minimum Gasteiger partial charge on any atom is -0.339 e. The van der Waals surface area contributed by atoms with E-state index in [1.807, 2.05) is 23.2 Å². The van der Waals surface area contributed by atoms with Crippen molar-refractivity contribution in [3.63, 3.8) is 0 Å². The van der Waals surface area contributed by atoms with E-state index in [9.17, 15) is 22.0 Å². The maximum atomic E-state index is 13.6. The second-order valence-corrected chi connectivity index (χ2v) is 10.9. The number of likely N-dealkylation sites (tertiary alicyclic amines) is 1. The summed E-state index contributed by atoms with van der Waals surface area (Å²) in [5, 5.41) is 4.33. The van der Waals surface area contributed by atoms with Gasteiger partial charge in [-0.15, -0.1) is 0 Å². The van der Waals surface area contributed by atoms with E-state index in [4.69, 9.17) is 0 Å². The Bertz CT molecular complexity index is 1310. The lowest BCUT2D eigenvalue weighted by molar-refractivity contribution is 0.0726. The van der Waals surface area contributed by atoms with Crippen LogP contribution in [0.5, 0.6) is 0 Å². The van der Waals surface area contributed by atoms with Gasteiger partial charge in [-0.1, -0.05) is 0 Å². The quantitative estimate of drug-likeness (QED) is 0.560.